The summed E-state index contributed by atoms with van der Waals surface area (Å²) in [6.07, 6.45) is 65.6. The van der Waals surface area contributed by atoms with Gasteiger partial charge in [0.2, 0.25) is 0 Å². The first-order valence-electron chi connectivity index (χ1n) is 29.0. The molecule has 0 aliphatic carbocycles. The average molecular weight is 928 g/mol. The Morgan fingerprint density at radius 3 is 0.864 bits per heavy atom. The maximum absolute atomic E-state index is 12.8. The van der Waals surface area contributed by atoms with Crippen LogP contribution in [0.1, 0.15) is 310 Å². The third-order valence-electron chi connectivity index (χ3n) is 12.9. The molecule has 66 heavy (non-hydrogen) atoms. The predicted octanol–water partition coefficient (Wildman–Crippen LogP) is 19.3. The van der Waals surface area contributed by atoms with Crippen LogP contribution in [0.25, 0.3) is 0 Å². The molecule has 0 amide bonds. The second-order valence-corrected chi connectivity index (χ2v) is 19.6. The molecule has 1 unspecified atom stereocenters. The van der Waals surface area contributed by atoms with Gasteiger partial charge in [0.1, 0.15) is 13.2 Å². The average Bonchev–Trinajstić information content (AvgIpc) is 3.31. The highest BCUT2D eigenvalue weighted by atomic mass is 16.6. The number of hydrogen-bond acceptors (Lipinski definition) is 6. The van der Waals surface area contributed by atoms with E-state index in [2.05, 4.69) is 57.2 Å². The molecule has 6 nitrogen and oxygen atoms in total. The van der Waals surface area contributed by atoms with Crippen molar-refractivity contribution in [3.63, 3.8) is 0 Å². The van der Waals surface area contributed by atoms with Gasteiger partial charge in [0.25, 0.3) is 0 Å². The van der Waals surface area contributed by atoms with E-state index in [1.54, 1.807) is 0 Å². The molecule has 0 saturated carbocycles. The lowest BCUT2D eigenvalue weighted by atomic mass is 10.1. The Kier molecular flexibility index (Phi) is 53.2. The van der Waals surface area contributed by atoms with Gasteiger partial charge in [-0.05, 0) is 77.0 Å². The quantitative estimate of drug-likeness (QED) is 0.0262. The molecular weight excluding hydrogens is 817 g/mol. The van der Waals surface area contributed by atoms with Gasteiger partial charge in [-0.25, -0.2) is 0 Å². The van der Waals surface area contributed by atoms with Crippen LogP contribution in [0.5, 0.6) is 0 Å². The molecule has 386 valence electrons. The maximum Gasteiger partial charge on any atom is 0.306 e. The molecule has 0 saturated heterocycles. The molecule has 0 aromatic carbocycles. The van der Waals surface area contributed by atoms with Crippen LogP contribution in [-0.4, -0.2) is 37.2 Å². The van der Waals surface area contributed by atoms with Gasteiger partial charge in [-0.15, -0.1) is 0 Å². The van der Waals surface area contributed by atoms with Gasteiger partial charge in [0.05, 0.1) is 0 Å². The minimum Gasteiger partial charge on any atom is -0.462 e. The molecule has 0 aromatic rings. The first-order chi connectivity index (χ1) is 32.5. The summed E-state index contributed by atoms with van der Waals surface area (Å²) < 4.78 is 16.8. The summed E-state index contributed by atoms with van der Waals surface area (Å²) in [6, 6.07) is 0. The Morgan fingerprint density at radius 2 is 0.545 bits per heavy atom. The fraction of sp³-hybridized carbons (Fsp3) is 0.850. The number of ether oxygens (including phenoxy) is 3. The van der Waals surface area contributed by atoms with Gasteiger partial charge in [-0.1, -0.05) is 250 Å². The van der Waals surface area contributed by atoms with E-state index < -0.39 is 6.10 Å². The lowest BCUT2D eigenvalue weighted by molar-refractivity contribution is -0.167. The summed E-state index contributed by atoms with van der Waals surface area (Å²) in [5, 5.41) is 0. The normalized spacial score (nSPS) is 12.2. The predicted molar refractivity (Wildman–Crippen MR) is 284 cm³/mol. The summed E-state index contributed by atoms with van der Waals surface area (Å²) in [5.41, 5.74) is 0. The smallest absolute Gasteiger partial charge is 0.306 e. The summed E-state index contributed by atoms with van der Waals surface area (Å²) in [5.74, 6) is -0.876. The van der Waals surface area contributed by atoms with E-state index in [-0.39, 0.29) is 31.1 Å². The number of unbranched alkanes of at least 4 members (excludes halogenated alkanes) is 36. The minimum absolute atomic E-state index is 0.0752. The number of rotatable bonds is 53. The molecule has 0 bridgehead atoms. The SMILES string of the molecule is CCCCCC/C=C\C/C=C\CCCCCCCC(=O)OC(COC(=O)CCCCCCCCCCC/C=C\CCCCCCCCCC)COC(=O)CCCCCCCCCCCCC. The van der Waals surface area contributed by atoms with Crippen molar-refractivity contribution in [2.75, 3.05) is 13.2 Å². The number of allylic oxidation sites excluding steroid dienone is 6. The van der Waals surface area contributed by atoms with E-state index in [1.807, 2.05) is 0 Å². The van der Waals surface area contributed by atoms with Crippen LogP contribution in [0.15, 0.2) is 36.5 Å². The fourth-order valence-electron chi connectivity index (χ4n) is 8.47. The molecule has 0 heterocycles. The molecule has 0 aliphatic heterocycles. The van der Waals surface area contributed by atoms with E-state index in [0.717, 1.165) is 83.5 Å². The van der Waals surface area contributed by atoms with Crippen molar-refractivity contribution in [2.24, 2.45) is 0 Å². The number of carbonyl (C=O) groups excluding carboxylic acids is 3. The number of esters is 3. The van der Waals surface area contributed by atoms with Gasteiger partial charge < -0.3 is 14.2 Å². The van der Waals surface area contributed by atoms with Crippen LogP contribution in [0.4, 0.5) is 0 Å². The van der Waals surface area contributed by atoms with Crippen LogP contribution in [0, 0.1) is 0 Å². The fourth-order valence-corrected chi connectivity index (χ4v) is 8.47. The third-order valence-corrected chi connectivity index (χ3v) is 12.9. The molecule has 0 radical (unpaired) electrons. The van der Waals surface area contributed by atoms with Crippen molar-refractivity contribution >= 4 is 17.9 Å². The Hall–Kier alpha value is -2.37. The van der Waals surface area contributed by atoms with Crippen molar-refractivity contribution < 1.29 is 28.6 Å². The summed E-state index contributed by atoms with van der Waals surface area (Å²) in [7, 11) is 0. The molecule has 0 aromatic heterocycles. The summed E-state index contributed by atoms with van der Waals surface area (Å²) >= 11 is 0. The van der Waals surface area contributed by atoms with Gasteiger partial charge in [-0.2, -0.15) is 0 Å². The Bertz CT molecular complexity index is 1110. The molecule has 0 N–H and O–H groups in total. The maximum atomic E-state index is 12.8. The summed E-state index contributed by atoms with van der Waals surface area (Å²) in [6.45, 7) is 6.64. The van der Waals surface area contributed by atoms with Crippen molar-refractivity contribution in [2.45, 2.75) is 316 Å². The lowest BCUT2D eigenvalue weighted by Crippen LogP contribution is -2.30. The van der Waals surface area contributed by atoms with Crippen LogP contribution < -0.4 is 0 Å². The van der Waals surface area contributed by atoms with E-state index in [0.29, 0.717) is 19.3 Å². The van der Waals surface area contributed by atoms with E-state index in [4.69, 9.17) is 14.2 Å². The Morgan fingerprint density at radius 1 is 0.303 bits per heavy atom. The summed E-state index contributed by atoms with van der Waals surface area (Å²) in [4.78, 5) is 38.1. The molecule has 0 fully saturated rings. The molecule has 0 spiro atoms. The van der Waals surface area contributed by atoms with Crippen LogP contribution in [0.3, 0.4) is 0 Å². The Labute approximate surface area is 410 Å². The van der Waals surface area contributed by atoms with Crippen LogP contribution in [0.2, 0.25) is 0 Å². The standard InChI is InChI=1S/C60H110O6/c1-4-7-10-13-16-19-22-24-26-28-29-30-31-32-34-35-38-41-44-47-50-53-59(62)65-56-57(55-64-58(61)52-49-46-43-40-37-21-18-15-12-9-6-3)66-60(63)54-51-48-45-42-39-36-33-27-25-23-20-17-14-11-8-5-2/h20,23,27-29,33,57H,4-19,21-22,24-26,30-32,34-56H2,1-3H3/b23-20-,29-28-,33-27-. The van der Waals surface area contributed by atoms with Gasteiger partial charge in [0.15, 0.2) is 6.10 Å². The highest BCUT2D eigenvalue weighted by molar-refractivity contribution is 5.71. The third kappa shape index (κ3) is 52.6. The van der Waals surface area contributed by atoms with Crippen LogP contribution >= 0.6 is 0 Å². The van der Waals surface area contributed by atoms with Gasteiger partial charge in [0, 0.05) is 19.3 Å². The van der Waals surface area contributed by atoms with Gasteiger partial charge >= 0.3 is 17.9 Å². The number of carbonyl (C=O) groups is 3. The topological polar surface area (TPSA) is 78.9 Å². The molecular formula is C60H110O6. The molecule has 0 rings (SSSR count). The molecule has 6 heteroatoms. The highest BCUT2D eigenvalue weighted by Gasteiger charge is 2.19. The first kappa shape index (κ1) is 63.6. The van der Waals surface area contributed by atoms with E-state index >= 15 is 0 Å². The number of hydrogen-bond donors (Lipinski definition) is 0. The van der Waals surface area contributed by atoms with Crippen molar-refractivity contribution in [1.29, 1.82) is 0 Å². The zero-order valence-corrected chi connectivity index (χ0v) is 44.2. The van der Waals surface area contributed by atoms with Crippen LogP contribution in [-0.2, 0) is 28.6 Å². The zero-order chi connectivity index (χ0) is 47.9. The second kappa shape index (κ2) is 55.2. The largest absolute Gasteiger partial charge is 0.462 e. The van der Waals surface area contributed by atoms with Crippen molar-refractivity contribution in [3.8, 4) is 0 Å². The first-order valence-corrected chi connectivity index (χ1v) is 29.0. The lowest BCUT2D eigenvalue weighted by Gasteiger charge is -2.18. The highest BCUT2D eigenvalue weighted by Crippen LogP contribution is 2.16. The molecule has 1 atom stereocenters. The Balaban J connectivity index is 4.30. The van der Waals surface area contributed by atoms with E-state index in [1.165, 1.54) is 186 Å². The minimum atomic E-state index is -0.777. The zero-order valence-electron chi connectivity index (χ0n) is 44.2. The van der Waals surface area contributed by atoms with Crippen molar-refractivity contribution in [1.82, 2.24) is 0 Å². The van der Waals surface area contributed by atoms with Gasteiger partial charge in [-0.3, -0.25) is 14.4 Å². The van der Waals surface area contributed by atoms with Crippen molar-refractivity contribution in [3.05, 3.63) is 36.5 Å². The van der Waals surface area contributed by atoms with E-state index in [9.17, 15) is 14.4 Å². The second-order valence-electron chi connectivity index (χ2n) is 19.6. The monoisotopic (exact) mass is 927 g/mol. The molecule has 0 aliphatic rings.